The molecule has 0 aliphatic carbocycles. The van der Waals surface area contributed by atoms with Crippen LogP contribution in [0.25, 0.3) is 11.3 Å². The molecule has 0 atom stereocenters. The van der Waals surface area contributed by atoms with Crippen LogP contribution in [-0.4, -0.2) is 30.1 Å². The highest BCUT2D eigenvalue weighted by molar-refractivity contribution is 6.30. The number of imidazole rings is 1. The van der Waals surface area contributed by atoms with E-state index in [0.717, 1.165) is 17.0 Å². The molecule has 1 aromatic carbocycles. The number of rotatable bonds is 4. The predicted octanol–water partition coefficient (Wildman–Crippen LogP) is 2.50. The fraction of sp³-hybridized carbons (Fsp3) is 0.0588. The fourth-order valence-electron chi connectivity index (χ4n) is 2.48. The number of hydrogen-bond acceptors (Lipinski definition) is 4. The molecule has 0 unspecified atom stereocenters. The number of carbonyl (C=O) groups excluding carboxylic acids is 1. The van der Waals surface area contributed by atoms with Gasteiger partial charge in [-0.2, -0.15) is 5.10 Å². The lowest BCUT2D eigenvalue weighted by molar-refractivity contribution is 0.0950. The molecule has 25 heavy (non-hydrogen) atoms. The van der Waals surface area contributed by atoms with Gasteiger partial charge in [-0.25, -0.2) is 14.6 Å². The number of halogens is 1. The van der Waals surface area contributed by atoms with Crippen molar-refractivity contribution in [1.82, 2.24) is 29.5 Å². The van der Waals surface area contributed by atoms with Crippen LogP contribution < -0.4 is 5.32 Å². The smallest absolute Gasteiger partial charge is 0.251 e. The molecular weight excluding hydrogens is 340 g/mol. The minimum absolute atomic E-state index is 0.166. The van der Waals surface area contributed by atoms with Crippen LogP contribution in [0.4, 0.5) is 0 Å². The van der Waals surface area contributed by atoms with Crippen molar-refractivity contribution in [3.8, 4) is 5.69 Å². The Hall–Kier alpha value is -3.19. The van der Waals surface area contributed by atoms with Gasteiger partial charge in [0.25, 0.3) is 5.91 Å². The first kappa shape index (κ1) is 15.3. The van der Waals surface area contributed by atoms with Crippen LogP contribution in [0.1, 0.15) is 16.1 Å². The zero-order valence-electron chi connectivity index (χ0n) is 13.0. The molecule has 124 valence electrons. The van der Waals surface area contributed by atoms with E-state index >= 15 is 0 Å². The van der Waals surface area contributed by atoms with Crippen molar-refractivity contribution in [2.75, 3.05) is 0 Å². The summed E-state index contributed by atoms with van der Waals surface area (Å²) >= 11 is 5.96. The summed E-state index contributed by atoms with van der Waals surface area (Å²) in [6.45, 7) is 0.336. The van der Waals surface area contributed by atoms with E-state index in [1.807, 2.05) is 28.8 Å². The Morgan fingerprint density at radius 1 is 1.12 bits per heavy atom. The standard InChI is InChI=1S/C17H13ClN6O/c18-13-3-6-16-22-14(9-23(16)8-13)7-20-17(25)12-1-4-15(5-2-12)24-11-19-10-21-24/h1-6,8-11H,7H2,(H,20,25). The molecule has 0 bridgehead atoms. The maximum absolute atomic E-state index is 12.3. The van der Waals surface area contributed by atoms with Crippen LogP contribution in [0, 0.1) is 0 Å². The van der Waals surface area contributed by atoms with Gasteiger partial charge in [0.2, 0.25) is 0 Å². The van der Waals surface area contributed by atoms with Crippen LogP contribution in [0.3, 0.4) is 0 Å². The summed E-state index contributed by atoms with van der Waals surface area (Å²) in [5, 5.41) is 7.54. The van der Waals surface area contributed by atoms with Gasteiger partial charge in [0.05, 0.1) is 22.9 Å². The van der Waals surface area contributed by atoms with Crippen molar-refractivity contribution >= 4 is 23.2 Å². The van der Waals surface area contributed by atoms with E-state index in [1.54, 1.807) is 35.4 Å². The van der Waals surface area contributed by atoms with Crippen molar-refractivity contribution in [2.24, 2.45) is 0 Å². The largest absolute Gasteiger partial charge is 0.346 e. The zero-order valence-corrected chi connectivity index (χ0v) is 13.8. The molecular formula is C17H13ClN6O. The highest BCUT2D eigenvalue weighted by atomic mass is 35.5. The second-order valence-corrected chi connectivity index (χ2v) is 5.85. The van der Waals surface area contributed by atoms with Gasteiger partial charge in [-0.05, 0) is 36.4 Å². The number of hydrogen-bond donors (Lipinski definition) is 1. The Kier molecular flexibility index (Phi) is 3.91. The topological polar surface area (TPSA) is 77.1 Å². The van der Waals surface area contributed by atoms with E-state index in [2.05, 4.69) is 20.4 Å². The molecule has 7 nitrogen and oxygen atoms in total. The molecule has 1 N–H and O–H groups in total. The summed E-state index contributed by atoms with van der Waals surface area (Å²) in [6.07, 6.45) is 6.68. The number of amides is 1. The van der Waals surface area contributed by atoms with E-state index in [9.17, 15) is 4.79 Å². The number of nitrogens with one attached hydrogen (secondary N) is 1. The monoisotopic (exact) mass is 352 g/mol. The molecule has 0 aliphatic heterocycles. The average molecular weight is 353 g/mol. The molecule has 3 aromatic heterocycles. The normalized spacial score (nSPS) is 10.9. The maximum Gasteiger partial charge on any atom is 0.251 e. The second kappa shape index (κ2) is 6.37. The van der Waals surface area contributed by atoms with Crippen molar-refractivity contribution in [1.29, 1.82) is 0 Å². The molecule has 0 spiro atoms. The summed E-state index contributed by atoms with van der Waals surface area (Å²) in [4.78, 5) is 20.6. The lowest BCUT2D eigenvalue weighted by Crippen LogP contribution is -2.22. The van der Waals surface area contributed by atoms with Crippen molar-refractivity contribution in [3.05, 3.63) is 77.7 Å². The molecule has 4 rings (SSSR count). The molecule has 0 radical (unpaired) electrons. The quantitative estimate of drug-likeness (QED) is 0.612. The predicted molar refractivity (Wildman–Crippen MR) is 92.7 cm³/mol. The molecule has 8 heteroatoms. The molecule has 3 heterocycles. The van der Waals surface area contributed by atoms with Gasteiger partial charge in [-0.1, -0.05) is 11.6 Å². The number of benzene rings is 1. The van der Waals surface area contributed by atoms with E-state index < -0.39 is 0 Å². The first-order valence-corrected chi connectivity index (χ1v) is 7.93. The molecule has 0 saturated carbocycles. The third-order valence-electron chi connectivity index (χ3n) is 3.71. The Morgan fingerprint density at radius 3 is 2.72 bits per heavy atom. The van der Waals surface area contributed by atoms with Crippen LogP contribution in [0.15, 0.2) is 61.4 Å². The third kappa shape index (κ3) is 3.22. The van der Waals surface area contributed by atoms with Gasteiger partial charge < -0.3 is 9.72 Å². The number of pyridine rings is 1. The van der Waals surface area contributed by atoms with E-state index in [1.165, 1.54) is 6.33 Å². The van der Waals surface area contributed by atoms with Crippen molar-refractivity contribution in [2.45, 2.75) is 6.54 Å². The van der Waals surface area contributed by atoms with E-state index in [4.69, 9.17) is 11.6 Å². The molecule has 4 aromatic rings. The van der Waals surface area contributed by atoms with Gasteiger partial charge in [-0.3, -0.25) is 4.79 Å². The molecule has 0 fully saturated rings. The number of fused-ring (bicyclic) bond motifs is 1. The summed E-state index contributed by atoms with van der Waals surface area (Å²) in [6, 6.07) is 10.7. The fourth-order valence-corrected chi connectivity index (χ4v) is 2.65. The Balaban J connectivity index is 1.44. The molecule has 0 aliphatic rings. The third-order valence-corrected chi connectivity index (χ3v) is 3.93. The van der Waals surface area contributed by atoms with Crippen LogP contribution in [-0.2, 0) is 6.54 Å². The summed E-state index contributed by atoms with van der Waals surface area (Å²) in [5.41, 5.74) is 2.95. The zero-order chi connectivity index (χ0) is 17.2. The summed E-state index contributed by atoms with van der Waals surface area (Å²) < 4.78 is 3.46. The van der Waals surface area contributed by atoms with Crippen LogP contribution in [0.5, 0.6) is 0 Å². The average Bonchev–Trinajstić information content (AvgIpc) is 3.29. The van der Waals surface area contributed by atoms with Crippen molar-refractivity contribution in [3.63, 3.8) is 0 Å². The summed E-state index contributed by atoms with van der Waals surface area (Å²) in [5.74, 6) is -0.166. The molecule has 1 amide bonds. The second-order valence-electron chi connectivity index (χ2n) is 5.41. The number of nitrogens with zero attached hydrogens (tertiary/aromatic N) is 5. The minimum atomic E-state index is -0.166. The van der Waals surface area contributed by atoms with Crippen LogP contribution >= 0.6 is 11.6 Å². The number of aromatic nitrogens is 5. The van der Waals surface area contributed by atoms with Gasteiger partial charge >= 0.3 is 0 Å². The van der Waals surface area contributed by atoms with Gasteiger partial charge in [0.1, 0.15) is 18.3 Å². The molecule has 0 saturated heterocycles. The maximum atomic E-state index is 12.3. The SMILES string of the molecule is O=C(NCc1cn2cc(Cl)ccc2n1)c1ccc(-n2cncn2)cc1. The Bertz CT molecular complexity index is 1020. The number of carbonyl (C=O) groups is 1. The van der Waals surface area contributed by atoms with Crippen molar-refractivity contribution < 1.29 is 4.79 Å². The first-order chi connectivity index (χ1) is 12.2. The van der Waals surface area contributed by atoms with Gasteiger partial charge in [0.15, 0.2) is 0 Å². The van der Waals surface area contributed by atoms with Gasteiger partial charge in [-0.15, -0.1) is 0 Å². The lowest BCUT2D eigenvalue weighted by atomic mass is 10.2. The highest BCUT2D eigenvalue weighted by Crippen LogP contribution is 2.12. The Morgan fingerprint density at radius 2 is 1.96 bits per heavy atom. The van der Waals surface area contributed by atoms with Gasteiger partial charge in [0, 0.05) is 18.0 Å². The highest BCUT2D eigenvalue weighted by Gasteiger charge is 2.08. The Labute approximate surface area is 147 Å². The first-order valence-electron chi connectivity index (χ1n) is 7.55. The lowest BCUT2D eigenvalue weighted by Gasteiger charge is -2.05. The van der Waals surface area contributed by atoms with Crippen LogP contribution in [0.2, 0.25) is 5.02 Å². The van der Waals surface area contributed by atoms with E-state index in [-0.39, 0.29) is 5.91 Å². The minimum Gasteiger partial charge on any atom is -0.346 e. The van der Waals surface area contributed by atoms with E-state index in [0.29, 0.717) is 17.1 Å². The summed E-state index contributed by atoms with van der Waals surface area (Å²) in [7, 11) is 0.